The lowest BCUT2D eigenvalue weighted by molar-refractivity contribution is -0.146. The number of hydrogen-bond donors (Lipinski definition) is 1. The van der Waals surface area contributed by atoms with Crippen molar-refractivity contribution in [3.63, 3.8) is 0 Å². The van der Waals surface area contributed by atoms with Gasteiger partial charge in [0.2, 0.25) is 0 Å². The van der Waals surface area contributed by atoms with E-state index in [4.69, 9.17) is 4.74 Å². The summed E-state index contributed by atoms with van der Waals surface area (Å²) in [6.45, 7) is 4.67. The van der Waals surface area contributed by atoms with Gasteiger partial charge in [0.25, 0.3) is 0 Å². The molecule has 0 bridgehead atoms. The topological polar surface area (TPSA) is 38.3 Å². The van der Waals surface area contributed by atoms with E-state index in [0.717, 1.165) is 11.3 Å². The highest BCUT2D eigenvalue weighted by atomic mass is 32.2. The van der Waals surface area contributed by atoms with Crippen LogP contribution in [0.4, 0.5) is 0 Å². The minimum absolute atomic E-state index is 0.144. The number of rotatable bonds is 4. The Morgan fingerprint density at radius 1 is 1.44 bits per heavy atom. The zero-order chi connectivity index (χ0) is 13.0. The number of thioether (sulfide) groups is 1. The van der Waals surface area contributed by atoms with Crippen molar-refractivity contribution in [3.8, 4) is 0 Å². The fourth-order valence-corrected chi connectivity index (χ4v) is 3.12. The van der Waals surface area contributed by atoms with E-state index >= 15 is 0 Å². The second-order valence-corrected chi connectivity index (χ2v) is 5.99. The number of ether oxygens (including phenoxy) is 1. The Kier molecular flexibility index (Phi) is 4.66. The highest BCUT2D eigenvalue weighted by Crippen LogP contribution is 2.25. The maximum absolute atomic E-state index is 11.9. The van der Waals surface area contributed by atoms with E-state index in [1.54, 1.807) is 11.8 Å². The van der Waals surface area contributed by atoms with Crippen molar-refractivity contribution < 1.29 is 9.53 Å². The van der Waals surface area contributed by atoms with Gasteiger partial charge in [-0.25, -0.2) is 0 Å². The van der Waals surface area contributed by atoms with Crippen LogP contribution in [0, 0.1) is 5.92 Å². The standard InChI is InChI=1S/C14H19NO2S/c1-10(2)13-15-12(9-18-13)14(16)17-8-11-6-4-3-5-7-11/h3-7,10,12-13,15H,8-9H2,1-2H3. The average Bonchev–Trinajstić information content (AvgIpc) is 2.87. The molecule has 0 amide bonds. The van der Waals surface area contributed by atoms with Gasteiger partial charge in [0.05, 0.1) is 5.37 Å². The Balaban J connectivity index is 1.79. The second-order valence-electron chi connectivity index (χ2n) is 4.81. The smallest absolute Gasteiger partial charge is 0.324 e. The number of esters is 1. The molecule has 1 aliphatic heterocycles. The Hall–Kier alpha value is -1.00. The molecule has 0 saturated carbocycles. The van der Waals surface area contributed by atoms with Crippen molar-refractivity contribution in [1.29, 1.82) is 0 Å². The van der Waals surface area contributed by atoms with Crippen molar-refractivity contribution >= 4 is 17.7 Å². The molecule has 2 atom stereocenters. The fraction of sp³-hybridized carbons (Fsp3) is 0.500. The molecule has 0 radical (unpaired) electrons. The summed E-state index contributed by atoms with van der Waals surface area (Å²) in [5, 5.41) is 3.68. The summed E-state index contributed by atoms with van der Waals surface area (Å²) in [5.41, 5.74) is 1.02. The number of nitrogens with one attached hydrogen (secondary N) is 1. The maximum atomic E-state index is 11.9. The molecule has 1 saturated heterocycles. The molecule has 1 fully saturated rings. The van der Waals surface area contributed by atoms with Crippen LogP contribution < -0.4 is 5.32 Å². The van der Waals surface area contributed by atoms with Gasteiger partial charge in [0.1, 0.15) is 12.6 Å². The highest BCUT2D eigenvalue weighted by molar-refractivity contribution is 8.00. The summed E-state index contributed by atoms with van der Waals surface area (Å²) in [6.07, 6.45) is 0. The van der Waals surface area contributed by atoms with E-state index in [-0.39, 0.29) is 12.0 Å². The molecule has 2 rings (SSSR count). The molecule has 1 N–H and O–H groups in total. The molecule has 1 aromatic carbocycles. The number of hydrogen-bond acceptors (Lipinski definition) is 4. The van der Waals surface area contributed by atoms with Gasteiger partial charge >= 0.3 is 5.97 Å². The molecule has 2 unspecified atom stereocenters. The van der Waals surface area contributed by atoms with E-state index < -0.39 is 0 Å². The third-order valence-corrected chi connectivity index (χ3v) is 4.49. The summed E-state index contributed by atoms with van der Waals surface area (Å²) in [6, 6.07) is 9.60. The quantitative estimate of drug-likeness (QED) is 0.849. The van der Waals surface area contributed by atoms with Crippen LogP contribution in [0.15, 0.2) is 30.3 Å². The molecule has 0 aliphatic carbocycles. The molecule has 1 aromatic rings. The SMILES string of the molecule is CC(C)C1NC(C(=O)OCc2ccccc2)CS1. The van der Waals surface area contributed by atoms with Crippen LogP contribution in [-0.2, 0) is 16.1 Å². The Labute approximate surface area is 112 Å². The summed E-state index contributed by atoms with van der Waals surface area (Å²) >= 11 is 1.80. The van der Waals surface area contributed by atoms with E-state index in [9.17, 15) is 4.79 Å². The van der Waals surface area contributed by atoms with Crippen LogP contribution in [0.5, 0.6) is 0 Å². The van der Waals surface area contributed by atoms with Crippen molar-refractivity contribution in [2.75, 3.05) is 5.75 Å². The fourth-order valence-electron chi connectivity index (χ4n) is 1.84. The highest BCUT2D eigenvalue weighted by Gasteiger charge is 2.32. The second kappa shape index (κ2) is 6.25. The van der Waals surface area contributed by atoms with E-state index in [2.05, 4.69) is 19.2 Å². The third-order valence-electron chi connectivity index (χ3n) is 2.92. The van der Waals surface area contributed by atoms with Crippen molar-refractivity contribution in [2.45, 2.75) is 31.9 Å². The summed E-state index contributed by atoms with van der Waals surface area (Å²) < 4.78 is 5.33. The summed E-state index contributed by atoms with van der Waals surface area (Å²) in [4.78, 5) is 11.9. The molecule has 1 heterocycles. The molecule has 4 heteroatoms. The van der Waals surface area contributed by atoms with Gasteiger partial charge in [-0.3, -0.25) is 10.1 Å². The van der Waals surface area contributed by atoms with Crippen molar-refractivity contribution in [2.24, 2.45) is 5.92 Å². The Morgan fingerprint density at radius 3 is 2.78 bits per heavy atom. The molecule has 98 valence electrons. The summed E-state index contributed by atoms with van der Waals surface area (Å²) in [7, 11) is 0. The first-order valence-corrected chi connectivity index (χ1v) is 7.30. The lowest BCUT2D eigenvalue weighted by Crippen LogP contribution is -2.39. The minimum Gasteiger partial charge on any atom is -0.460 e. The molecular formula is C14H19NO2S. The Morgan fingerprint density at radius 2 is 2.17 bits per heavy atom. The average molecular weight is 265 g/mol. The normalized spacial score (nSPS) is 23.3. The zero-order valence-electron chi connectivity index (χ0n) is 10.8. The monoisotopic (exact) mass is 265 g/mol. The molecule has 0 spiro atoms. The number of benzene rings is 1. The van der Waals surface area contributed by atoms with Crippen LogP contribution >= 0.6 is 11.8 Å². The molecule has 18 heavy (non-hydrogen) atoms. The first-order valence-electron chi connectivity index (χ1n) is 6.25. The van der Waals surface area contributed by atoms with E-state index in [1.165, 1.54) is 0 Å². The van der Waals surface area contributed by atoms with Gasteiger partial charge in [-0.1, -0.05) is 44.2 Å². The Bertz CT molecular complexity index is 394. The first kappa shape index (κ1) is 13.4. The van der Waals surface area contributed by atoms with Gasteiger partial charge in [0.15, 0.2) is 0 Å². The van der Waals surface area contributed by atoms with Crippen LogP contribution in [0.3, 0.4) is 0 Å². The van der Waals surface area contributed by atoms with Gasteiger partial charge in [0, 0.05) is 5.75 Å². The van der Waals surface area contributed by atoms with Gasteiger partial charge in [-0.15, -0.1) is 11.8 Å². The van der Waals surface area contributed by atoms with Gasteiger partial charge in [-0.05, 0) is 11.5 Å². The van der Waals surface area contributed by atoms with Gasteiger partial charge in [-0.2, -0.15) is 0 Å². The first-order chi connectivity index (χ1) is 8.66. The number of carbonyl (C=O) groups is 1. The van der Waals surface area contributed by atoms with E-state index in [1.807, 2.05) is 30.3 Å². The lowest BCUT2D eigenvalue weighted by Gasteiger charge is -2.15. The van der Waals surface area contributed by atoms with Crippen molar-refractivity contribution in [3.05, 3.63) is 35.9 Å². The van der Waals surface area contributed by atoms with Crippen molar-refractivity contribution in [1.82, 2.24) is 5.32 Å². The molecule has 1 aliphatic rings. The van der Waals surface area contributed by atoms with Crippen LogP contribution in [0.25, 0.3) is 0 Å². The van der Waals surface area contributed by atoms with E-state index in [0.29, 0.717) is 17.9 Å². The maximum Gasteiger partial charge on any atom is 0.324 e. The predicted octanol–water partition coefficient (Wildman–Crippen LogP) is 2.42. The predicted molar refractivity (Wildman–Crippen MR) is 74.2 cm³/mol. The van der Waals surface area contributed by atoms with Crippen LogP contribution in [-0.4, -0.2) is 23.1 Å². The zero-order valence-corrected chi connectivity index (χ0v) is 11.6. The largest absolute Gasteiger partial charge is 0.460 e. The van der Waals surface area contributed by atoms with Gasteiger partial charge < -0.3 is 4.74 Å². The van der Waals surface area contributed by atoms with Crippen LogP contribution in [0.2, 0.25) is 0 Å². The molecule has 3 nitrogen and oxygen atoms in total. The molecular weight excluding hydrogens is 246 g/mol. The lowest BCUT2D eigenvalue weighted by atomic mass is 10.2. The molecule has 0 aromatic heterocycles. The third kappa shape index (κ3) is 3.50. The number of carbonyl (C=O) groups excluding carboxylic acids is 1. The van der Waals surface area contributed by atoms with Crippen LogP contribution in [0.1, 0.15) is 19.4 Å². The minimum atomic E-state index is -0.161. The summed E-state index contributed by atoms with van der Waals surface area (Å²) in [5.74, 6) is 1.19.